The van der Waals surface area contributed by atoms with Gasteiger partial charge in [-0.05, 0) is 47.0 Å². The average Bonchev–Trinajstić information content (AvgIpc) is 2.61. The number of ether oxygens (including phenoxy) is 2. The lowest BCUT2D eigenvalue weighted by Gasteiger charge is -2.20. The Bertz CT molecular complexity index is 951. The molecular weight excluding hydrogens is 309 g/mol. The van der Waals surface area contributed by atoms with Gasteiger partial charge in [0, 0.05) is 11.8 Å². The first-order valence-electron chi connectivity index (χ1n) is 7.61. The highest BCUT2D eigenvalue weighted by atomic mass is 19.1. The van der Waals surface area contributed by atoms with Crippen LogP contribution in [0.25, 0.3) is 22.0 Å². The minimum atomic E-state index is -0.419. The lowest BCUT2D eigenvalue weighted by molar-refractivity contribution is 0.0473. The molecular formula is C19H14FNO3. The van der Waals surface area contributed by atoms with E-state index in [0.717, 1.165) is 22.1 Å². The van der Waals surface area contributed by atoms with Crippen molar-refractivity contribution in [3.8, 4) is 16.9 Å². The molecule has 120 valence electrons. The summed E-state index contributed by atoms with van der Waals surface area (Å²) in [4.78, 5) is 16.6. The number of fused-ring (bicyclic) bond motifs is 2. The topological polar surface area (TPSA) is 48.4 Å². The number of aromatic nitrogens is 1. The number of pyridine rings is 1. The number of hydrogen-bond donors (Lipinski definition) is 0. The largest absolute Gasteiger partial charge is 0.497 e. The summed E-state index contributed by atoms with van der Waals surface area (Å²) >= 11 is 0. The van der Waals surface area contributed by atoms with Crippen LogP contribution in [0.2, 0.25) is 0 Å². The van der Waals surface area contributed by atoms with Crippen molar-refractivity contribution in [2.24, 2.45) is 0 Å². The van der Waals surface area contributed by atoms with Crippen molar-refractivity contribution in [3.63, 3.8) is 0 Å². The van der Waals surface area contributed by atoms with Gasteiger partial charge >= 0.3 is 5.97 Å². The quantitative estimate of drug-likeness (QED) is 0.674. The van der Waals surface area contributed by atoms with Crippen LogP contribution in [0.3, 0.4) is 0 Å². The first-order chi connectivity index (χ1) is 11.7. The summed E-state index contributed by atoms with van der Waals surface area (Å²) in [5, 5.41) is 0.870. The predicted octanol–water partition coefficient (Wildman–Crippen LogP) is 3.76. The average molecular weight is 323 g/mol. The molecule has 2 heterocycles. The Balaban J connectivity index is 2.10. The molecule has 1 aromatic heterocycles. The van der Waals surface area contributed by atoms with E-state index in [1.165, 1.54) is 12.1 Å². The normalized spacial score (nSPS) is 13.5. The molecule has 3 aromatic rings. The zero-order valence-electron chi connectivity index (χ0n) is 13.0. The minimum Gasteiger partial charge on any atom is -0.497 e. The molecule has 1 aliphatic rings. The zero-order valence-corrected chi connectivity index (χ0v) is 13.0. The summed E-state index contributed by atoms with van der Waals surface area (Å²) < 4.78 is 23.8. The first kappa shape index (κ1) is 14.6. The second-order valence-electron chi connectivity index (χ2n) is 5.59. The Morgan fingerprint density at radius 3 is 2.71 bits per heavy atom. The molecule has 0 saturated heterocycles. The van der Waals surface area contributed by atoms with Crippen LogP contribution in [0.4, 0.5) is 4.39 Å². The molecule has 4 rings (SSSR count). The number of halogens is 1. The molecule has 0 aliphatic carbocycles. The van der Waals surface area contributed by atoms with Gasteiger partial charge in [0.25, 0.3) is 0 Å². The molecule has 0 atom stereocenters. The number of benzene rings is 2. The number of esters is 1. The maximum absolute atomic E-state index is 13.3. The van der Waals surface area contributed by atoms with E-state index in [0.29, 0.717) is 30.0 Å². The van der Waals surface area contributed by atoms with Crippen LogP contribution in [-0.2, 0) is 11.2 Å². The summed E-state index contributed by atoms with van der Waals surface area (Å²) in [5.41, 5.74) is 3.55. The van der Waals surface area contributed by atoms with E-state index in [2.05, 4.69) is 4.98 Å². The van der Waals surface area contributed by atoms with Gasteiger partial charge in [0.1, 0.15) is 11.6 Å². The number of hydrogen-bond acceptors (Lipinski definition) is 4. The van der Waals surface area contributed by atoms with E-state index in [9.17, 15) is 9.18 Å². The molecule has 0 unspecified atom stereocenters. The fraction of sp³-hybridized carbons (Fsp3) is 0.158. The molecule has 0 fully saturated rings. The molecule has 0 radical (unpaired) electrons. The maximum atomic E-state index is 13.3. The number of rotatable bonds is 2. The van der Waals surface area contributed by atoms with E-state index < -0.39 is 5.97 Å². The van der Waals surface area contributed by atoms with Crippen LogP contribution in [0.1, 0.15) is 16.1 Å². The van der Waals surface area contributed by atoms with E-state index >= 15 is 0 Å². The Kier molecular flexibility index (Phi) is 3.41. The van der Waals surface area contributed by atoms with E-state index in [-0.39, 0.29) is 5.82 Å². The van der Waals surface area contributed by atoms with Gasteiger partial charge in [0.05, 0.1) is 19.2 Å². The smallest absolute Gasteiger partial charge is 0.357 e. The van der Waals surface area contributed by atoms with Gasteiger partial charge in [-0.3, -0.25) is 0 Å². The van der Waals surface area contributed by atoms with Gasteiger partial charge in [-0.25, -0.2) is 14.2 Å². The van der Waals surface area contributed by atoms with Gasteiger partial charge in [0.2, 0.25) is 0 Å². The van der Waals surface area contributed by atoms with Crippen molar-refractivity contribution in [1.82, 2.24) is 4.98 Å². The molecule has 24 heavy (non-hydrogen) atoms. The SMILES string of the molecule is COc1ccc2nc3c(c(-c4ccc(F)cc4)c2c1)CCOC3=O. The predicted molar refractivity (Wildman–Crippen MR) is 87.7 cm³/mol. The summed E-state index contributed by atoms with van der Waals surface area (Å²) in [5.74, 6) is -0.0219. The highest BCUT2D eigenvalue weighted by Crippen LogP contribution is 2.36. The lowest BCUT2D eigenvalue weighted by atomic mass is 9.91. The molecule has 0 N–H and O–H groups in total. The molecule has 5 heteroatoms. The van der Waals surface area contributed by atoms with Gasteiger partial charge in [-0.15, -0.1) is 0 Å². The summed E-state index contributed by atoms with van der Waals surface area (Å²) in [7, 11) is 1.60. The Morgan fingerprint density at radius 2 is 1.96 bits per heavy atom. The lowest BCUT2D eigenvalue weighted by Crippen LogP contribution is -2.20. The fourth-order valence-electron chi connectivity index (χ4n) is 3.08. The first-order valence-corrected chi connectivity index (χ1v) is 7.61. The number of carbonyl (C=O) groups is 1. The number of nitrogens with zero attached hydrogens (tertiary/aromatic N) is 1. The molecule has 0 amide bonds. The molecule has 1 aliphatic heterocycles. The summed E-state index contributed by atoms with van der Waals surface area (Å²) in [6.45, 7) is 0.317. The van der Waals surface area contributed by atoms with E-state index in [4.69, 9.17) is 9.47 Å². The van der Waals surface area contributed by atoms with Crippen molar-refractivity contribution in [2.75, 3.05) is 13.7 Å². The third kappa shape index (κ3) is 2.29. The van der Waals surface area contributed by atoms with Gasteiger partial charge in [-0.1, -0.05) is 12.1 Å². The van der Waals surface area contributed by atoms with Crippen molar-refractivity contribution < 1.29 is 18.7 Å². The van der Waals surface area contributed by atoms with Crippen molar-refractivity contribution in [3.05, 3.63) is 59.5 Å². The zero-order chi connectivity index (χ0) is 16.7. The monoisotopic (exact) mass is 323 g/mol. The van der Waals surface area contributed by atoms with Gasteiger partial charge < -0.3 is 9.47 Å². The number of cyclic esters (lactones) is 1. The fourth-order valence-corrected chi connectivity index (χ4v) is 3.08. The highest BCUT2D eigenvalue weighted by molar-refractivity contribution is 6.03. The highest BCUT2D eigenvalue weighted by Gasteiger charge is 2.26. The van der Waals surface area contributed by atoms with Crippen LogP contribution in [-0.4, -0.2) is 24.7 Å². The van der Waals surface area contributed by atoms with Crippen molar-refractivity contribution >= 4 is 16.9 Å². The second-order valence-corrected chi connectivity index (χ2v) is 5.59. The van der Waals surface area contributed by atoms with Crippen LogP contribution < -0.4 is 4.74 Å². The molecule has 2 aromatic carbocycles. The molecule has 0 bridgehead atoms. The van der Waals surface area contributed by atoms with Crippen LogP contribution in [0, 0.1) is 5.82 Å². The Hall–Kier alpha value is -2.95. The van der Waals surface area contributed by atoms with Gasteiger partial charge in [-0.2, -0.15) is 0 Å². The third-order valence-electron chi connectivity index (χ3n) is 4.20. The van der Waals surface area contributed by atoms with Gasteiger partial charge in [0.15, 0.2) is 5.69 Å². The van der Waals surface area contributed by atoms with Crippen molar-refractivity contribution in [2.45, 2.75) is 6.42 Å². The van der Waals surface area contributed by atoms with Crippen molar-refractivity contribution in [1.29, 1.82) is 0 Å². The van der Waals surface area contributed by atoms with Crippen LogP contribution in [0.5, 0.6) is 5.75 Å². The Morgan fingerprint density at radius 1 is 1.17 bits per heavy atom. The molecule has 4 nitrogen and oxygen atoms in total. The van der Waals surface area contributed by atoms with E-state index in [1.54, 1.807) is 25.3 Å². The molecule has 0 spiro atoms. The van der Waals surface area contributed by atoms with Crippen LogP contribution >= 0.6 is 0 Å². The minimum absolute atomic E-state index is 0.303. The summed E-state index contributed by atoms with van der Waals surface area (Å²) in [6, 6.07) is 11.7. The second kappa shape index (κ2) is 5.60. The van der Waals surface area contributed by atoms with Crippen LogP contribution in [0.15, 0.2) is 42.5 Å². The number of carbonyl (C=O) groups excluding carboxylic acids is 1. The third-order valence-corrected chi connectivity index (χ3v) is 4.20. The maximum Gasteiger partial charge on any atom is 0.357 e. The van der Waals surface area contributed by atoms with E-state index in [1.807, 2.05) is 12.1 Å². The standard InChI is InChI=1S/C19H14FNO3/c1-23-13-6-7-16-15(10-13)17(11-2-4-12(20)5-3-11)14-8-9-24-19(22)18(14)21-16/h2-7,10H,8-9H2,1H3. The number of methoxy groups -OCH3 is 1. The summed E-state index contributed by atoms with van der Waals surface area (Å²) in [6.07, 6.45) is 0.577. The Labute approximate surface area is 137 Å². The molecule has 0 saturated carbocycles.